The summed E-state index contributed by atoms with van der Waals surface area (Å²) in [6.07, 6.45) is 1.04. The number of hydrogen-bond donors (Lipinski definition) is 1. The molecule has 3 rings (SSSR count). The number of rotatable bonds is 9. The van der Waals surface area contributed by atoms with Crippen molar-refractivity contribution in [2.75, 3.05) is 30.3 Å². The molecule has 190 valence electrons. The van der Waals surface area contributed by atoms with Gasteiger partial charge in [-0.05, 0) is 45.4 Å². The first-order valence-electron chi connectivity index (χ1n) is 11.5. The fourth-order valence-corrected chi connectivity index (χ4v) is 4.64. The number of amides is 2. The minimum absolute atomic E-state index is 0.105. The lowest BCUT2D eigenvalue weighted by atomic mass is 10.1. The highest BCUT2D eigenvalue weighted by Crippen LogP contribution is 2.34. The topological polar surface area (TPSA) is 105 Å². The summed E-state index contributed by atoms with van der Waals surface area (Å²) < 4.78 is 37.5. The Morgan fingerprint density at radius 3 is 2.34 bits per heavy atom. The number of nitrogens with one attached hydrogen (secondary N) is 1. The summed E-state index contributed by atoms with van der Waals surface area (Å²) in [5.74, 6) is 0.112. The largest absolute Gasteiger partial charge is 0.486 e. The molecule has 1 aliphatic rings. The van der Waals surface area contributed by atoms with Gasteiger partial charge in [-0.15, -0.1) is 0 Å². The molecule has 2 aromatic carbocycles. The third-order valence-electron chi connectivity index (χ3n) is 5.53. The SMILES string of the molecule is Cc1cccc(CN(C(=O)CN(c2ccc3c(c2)OCCO3)S(C)(=O)=O)C(C)C(=O)NC(C)C)c1. The molecule has 2 aromatic rings. The summed E-state index contributed by atoms with van der Waals surface area (Å²) in [5.41, 5.74) is 2.14. The predicted octanol–water partition coefficient (Wildman–Crippen LogP) is 2.47. The van der Waals surface area contributed by atoms with Crippen molar-refractivity contribution in [1.82, 2.24) is 10.2 Å². The number of hydrogen-bond acceptors (Lipinski definition) is 6. The molecule has 1 atom stereocenters. The second-order valence-corrected chi connectivity index (χ2v) is 10.9. The smallest absolute Gasteiger partial charge is 0.244 e. The van der Waals surface area contributed by atoms with Gasteiger partial charge in [-0.2, -0.15) is 0 Å². The Hall–Kier alpha value is -3.27. The minimum Gasteiger partial charge on any atom is -0.486 e. The van der Waals surface area contributed by atoms with Crippen LogP contribution in [-0.2, 0) is 26.2 Å². The number of aryl methyl sites for hydroxylation is 1. The minimum atomic E-state index is -3.83. The standard InChI is InChI=1S/C25H33N3O6S/c1-17(2)26-25(30)19(4)27(15-20-8-6-7-18(3)13-20)24(29)16-28(35(5,31)32)21-9-10-22-23(14-21)34-12-11-33-22/h6-10,13-14,17,19H,11-12,15-16H2,1-5H3,(H,26,30). The van der Waals surface area contributed by atoms with Crippen molar-refractivity contribution in [3.05, 3.63) is 53.6 Å². The van der Waals surface area contributed by atoms with Crippen molar-refractivity contribution in [2.45, 2.75) is 46.3 Å². The number of carbonyl (C=O) groups excluding carboxylic acids is 2. The normalized spacial score (nSPS) is 13.8. The van der Waals surface area contributed by atoms with Crippen LogP contribution in [0.3, 0.4) is 0 Å². The van der Waals surface area contributed by atoms with Gasteiger partial charge in [0.05, 0.1) is 11.9 Å². The van der Waals surface area contributed by atoms with E-state index < -0.39 is 28.5 Å². The average Bonchev–Trinajstić information content (AvgIpc) is 2.79. The number of sulfonamides is 1. The monoisotopic (exact) mass is 503 g/mol. The van der Waals surface area contributed by atoms with Gasteiger partial charge in [0.15, 0.2) is 11.5 Å². The molecule has 1 heterocycles. The van der Waals surface area contributed by atoms with Crippen molar-refractivity contribution < 1.29 is 27.5 Å². The number of ether oxygens (including phenoxy) is 2. The lowest BCUT2D eigenvalue weighted by Gasteiger charge is -2.32. The van der Waals surface area contributed by atoms with Gasteiger partial charge < -0.3 is 19.7 Å². The highest BCUT2D eigenvalue weighted by Gasteiger charge is 2.31. The second kappa shape index (κ2) is 11.0. The van der Waals surface area contributed by atoms with Gasteiger partial charge in [-0.25, -0.2) is 8.42 Å². The zero-order chi connectivity index (χ0) is 25.8. The van der Waals surface area contributed by atoms with Gasteiger partial charge >= 0.3 is 0 Å². The summed E-state index contributed by atoms with van der Waals surface area (Å²) in [7, 11) is -3.83. The van der Waals surface area contributed by atoms with Crippen LogP contribution >= 0.6 is 0 Å². The van der Waals surface area contributed by atoms with Crippen LogP contribution in [0.15, 0.2) is 42.5 Å². The van der Waals surface area contributed by atoms with E-state index in [4.69, 9.17) is 9.47 Å². The molecule has 0 saturated heterocycles. The molecule has 0 bridgehead atoms. The fraction of sp³-hybridized carbons (Fsp3) is 0.440. The second-order valence-electron chi connectivity index (χ2n) is 8.95. The maximum absolute atomic E-state index is 13.6. The van der Waals surface area contributed by atoms with Crippen molar-refractivity contribution in [3.8, 4) is 11.5 Å². The lowest BCUT2D eigenvalue weighted by molar-refractivity contribution is -0.139. The molecular weight excluding hydrogens is 470 g/mol. The molecule has 0 saturated carbocycles. The summed E-state index contributed by atoms with van der Waals surface area (Å²) in [6.45, 7) is 7.70. The van der Waals surface area contributed by atoms with Crippen molar-refractivity contribution in [1.29, 1.82) is 0 Å². The highest BCUT2D eigenvalue weighted by molar-refractivity contribution is 7.92. The number of fused-ring (bicyclic) bond motifs is 1. The van der Waals surface area contributed by atoms with Crippen LogP contribution in [0.1, 0.15) is 31.9 Å². The van der Waals surface area contributed by atoms with Gasteiger partial charge in [0.2, 0.25) is 21.8 Å². The van der Waals surface area contributed by atoms with E-state index in [0.717, 1.165) is 21.7 Å². The molecule has 0 fully saturated rings. The van der Waals surface area contributed by atoms with Gasteiger partial charge in [-0.3, -0.25) is 13.9 Å². The number of carbonyl (C=O) groups is 2. The molecule has 0 spiro atoms. The molecule has 2 amide bonds. The molecule has 0 radical (unpaired) electrons. The van der Waals surface area contributed by atoms with Gasteiger partial charge in [0.25, 0.3) is 0 Å². The van der Waals surface area contributed by atoms with Crippen LogP contribution in [0.25, 0.3) is 0 Å². The molecule has 1 unspecified atom stereocenters. The maximum atomic E-state index is 13.6. The molecule has 10 heteroatoms. The van der Waals surface area contributed by atoms with Crippen LogP contribution < -0.4 is 19.1 Å². The van der Waals surface area contributed by atoms with Crippen LogP contribution in [0.4, 0.5) is 5.69 Å². The number of benzene rings is 2. The van der Waals surface area contributed by atoms with Crippen molar-refractivity contribution >= 4 is 27.5 Å². The number of anilines is 1. The molecule has 0 aromatic heterocycles. The maximum Gasteiger partial charge on any atom is 0.244 e. The van der Waals surface area contributed by atoms with Gasteiger partial charge in [0, 0.05) is 18.7 Å². The Kier molecular flexibility index (Phi) is 8.26. The van der Waals surface area contributed by atoms with E-state index in [0.29, 0.717) is 24.7 Å². The third kappa shape index (κ3) is 6.88. The first-order chi connectivity index (χ1) is 16.5. The van der Waals surface area contributed by atoms with Crippen molar-refractivity contribution in [3.63, 3.8) is 0 Å². The van der Waals surface area contributed by atoms with E-state index in [9.17, 15) is 18.0 Å². The quantitative estimate of drug-likeness (QED) is 0.564. The predicted molar refractivity (Wildman–Crippen MR) is 134 cm³/mol. The Labute approximate surface area is 207 Å². The Bertz CT molecular complexity index is 1180. The average molecular weight is 504 g/mol. The van der Waals surface area contributed by atoms with E-state index in [-0.39, 0.29) is 24.2 Å². The zero-order valence-corrected chi connectivity index (χ0v) is 21.6. The summed E-state index contributed by atoms with van der Waals surface area (Å²) in [4.78, 5) is 27.8. The summed E-state index contributed by atoms with van der Waals surface area (Å²) in [6, 6.07) is 11.4. The Morgan fingerprint density at radius 2 is 1.71 bits per heavy atom. The Balaban J connectivity index is 1.92. The summed E-state index contributed by atoms with van der Waals surface area (Å²) >= 11 is 0. The Morgan fingerprint density at radius 1 is 1.03 bits per heavy atom. The molecule has 1 aliphatic heterocycles. The number of nitrogens with zero attached hydrogens (tertiary/aromatic N) is 2. The van der Waals surface area contributed by atoms with Gasteiger partial charge in [0.1, 0.15) is 25.8 Å². The molecule has 35 heavy (non-hydrogen) atoms. The molecule has 9 nitrogen and oxygen atoms in total. The summed E-state index contributed by atoms with van der Waals surface area (Å²) in [5, 5.41) is 2.83. The third-order valence-corrected chi connectivity index (χ3v) is 6.67. The van der Waals surface area contributed by atoms with E-state index in [1.54, 1.807) is 25.1 Å². The van der Waals surface area contributed by atoms with E-state index in [1.807, 2.05) is 45.0 Å². The van der Waals surface area contributed by atoms with Crippen LogP contribution in [0, 0.1) is 6.92 Å². The van der Waals surface area contributed by atoms with E-state index in [2.05, 4.69) is 5.32 Å². The first-order valence-corrected chi connectivity index (χ1v) is 13.3. The molecular formula is C25H33N3O6S. The molecule has 1 N–H and O–H groups in total. The van der Waals surface area contributed by atoms with Crippen LogP contribution in [0.5, 0.6) is 11.5 Å². The van der Waals surface area contributed by atoms with E-state index >= 15 is 0 Å². The van der Waals surface area contributed by atoms with Crippen LogP contribution in [-0.4, -0.2) is 63.2 Å². The highest BCUT2D eigenvalue weighted by atomic mass is 32.2. The van der Waals surface area contributed by atoms with E-state index in [1.165, 1.54) is 4.90 Å². The van der Waals surface area contributed by atoms with Crippen molar-refractivity contribution in [2.24, 2.45) is 0 Å². The van der Waals surface area contributed by atoms with Crippen LogP contribution in [0.2, 0.25) is 0 Å². The van der Waals surface area contributed by atoms with Gasteiger partial charge in [-0.1, -0.05) is 29.8 Å². The first kappa shape index (κ1) is 26.3. The fourth-order valence-electron chi connectivity index (χ4n) is 3.80. The lowest BCUT2D eigenvalue weighted by Crippen LogP contribution is -2.52. The molecule has 0 aliphatic carbocycles. The zero-order valence-electron chi connectivity index (χ0n) is 20.8.